The molecule has 4 aromatic rings. The third-order valence-corrected chi connectivity index (χ3v) is 4.01. The molecule has 0 unspecified atom stereocenters. The van der Waals surface area contributed by atoms with E-state index in [0.717, 1.165) is 5.56 Å². The molecule has 130 valence electrons. The van der Waals surface area contributed by atoms with Gasteiger partial charge in [0, 0.05) is 25.6 Å². The van der Waals surface area contributed by atoms with Crippen LogP contribution in [0.15, 0.2) is 48.5 Å². The highest BCUT2D eigenvalue weighted by molar-refractivity contribution is 5.84. The van der Waals surface area contributed by atoms with E-state index in [1.165, 1.54) is 6.92 Å². The van der Waals surface area contributed by atoms with Gasteiger partial charge in [-0.25, -0.2) is 4.98 Å². The fourth-order valence-corrected chi connectivity index (χ4v) is 2.90. The van der Waals surface area contributed by atoms with Gasteiger partial charge in [-0.15, -0.1) is 0 Å². The van der Waals surface area contributed by atoms with Crippen LogP contribution in [0.3, 0.4) is 0 Å². The molecule has 0 aliphatic rings. The molecule has 0 aliphatic heterocycles. The van der Waals surface area contributed by atoms with Gasteiger partial charge in [-0.2, -0.15) is 5.10 Å². The van der Waals surface area contributed by atoms with Crippen molar-refractivity contribution in [3.8, 4) is 34.3 Å². The maximum Gasteiger partial charge on any atom is 0.308 e. The normalized spacial score (nSPS) is 11.0. The molecule has 0 spiro atoms. The third-order valence-electron chi connectivity index (χ3n) is 4.01. The molecule has 0 fully saturated rings. The highest BCUT2D eigenvalue weighted by Gasteiger charge is 2.21. The molecular formula is C19H16N4O3. The summed E-state index contributed by atoms with van der Waals surface area (Å²) in [6.45, 7) is 1.35. The zero-order valence-corrected chi connectivity index (χ0v) is 14.2. The molecule has 0 amide bonds. The first kappa shape index (κ1) is 15.9. The number of fused-ring (bicyclic) bond motifs is 1. The lowest BCUT2D eigenvalue weighted by Crippen LogP contribution is -2.00. The van der Waals surface area contributed by atoms with Crippen LogP contribution < -0.4 is 4.74 Å². The smallest absolute Gasteiger partial charge is 0.308 e. The van der Waals surface area contributed by atoms with Gasteiger partial charge in [-0.05, 0) is 12.1 Å². The molecule has 2 heterocycles. The van der Waals surface area contributed by atoms with Gasteiger partial charge in [0.25, 0.3) is 0 Å². The van der Waals surface area contributed by atoms with E-state index in [4.69, 9.17) is 4.74 Å². The number of H-pyrrole nitrogens is 1. The number of aryl methyl sites for hydroxylation is 1. The average molecular weight is 348 g/mol. The first-order valence-electron chi connectivity index (χ1n) is 8.03. The Hall–Kier alpha value is -3.61. The van der Waals surface area contributed by atoms with E-state index in [1.54, 1.807) is 29.9 Å². The Morgan fingerprint density at radius 3 is 2.69 bits per heavy atom. The molecule has 2 aromatic carbocycles. The van der Waals surface area contributed by atoms with Crippen molar-refractivity contribution in [2.24, 2.45) is 7.05 Å². The van der Waals surface area contributed by atoms with E-state index in [-0.39, 0.29) is 11.7 Å². The summed E-state index contributed by atoms with van der Waals surface area (Å²) in [4.78, 5) is 18.8. The lowest BCUT2D eigenvalue weighted by atomic mass is 10.1. The lowest BCUT2D eigenvalue weighted by Gasteiger charge is -1.99. The van der Waals surface area contributed by atoms with Gasteiger partial charge in [0.2, 0.25) is 0 Å². The van der Waals surface area contributed by atoms with Crippen LogP contribution >= 0.6 is 0 Å². The maximum atomic E-state index is 11.1. The second-order valence-corrected chi connectivity index (χ2v) is 5.89. The number of hydrogen-bond donors (Lipinski definition) is 2. The van der Waals surface area contributed by atoms with Crippen LogP contribution in [0.2, 0.25) is 0 Å². The van der Waals surface area contributed by atoms with Gasteiger partial charge in [-0.1, -0.05) is 30.3 Å². The largest absolute Gasteiger partial charge is 0.504 e. The van der Waals surface area contributed by atoms with Crippen molar-refractivity contribution >= 4 is 17.0 Å². The van der Waals surface area contributed by atoms with Crippen LogP contribution in [0.1, 0.15) is 6.92 Å². The summed E-state index contributed by atoms with van der Waals surface area (Å²) in [5, 5.41) is 15.1. The van der Waals surface area contributed by atoms with Crippen LogP contribution in [0.25, 0.3) is 33.8 Å². The van der Waals surface area contributed by atoms with Gasteiger partial charge in [-0.3, -0.25) is 9.48 Å². The molecular weight excluding hydrogens is 332 g/mol. The molecule has 7 nitrogen and oxygen atoms in total. The van der Waals surface area contributed by atoms with Crippen molar-refractivity contribution in [2.75, 3.05) is 0 Å². The number of nitrogens with one attached hydrogen (secondary N) is 1. The van der Waals surface area contributed by atoms with Crippen molar-refractivity contribution in [2.45, 2.75) is 6.92 Å². The number of benzene rings is 2. The van der Waals surface area contributed by atoms with E-state index in [2.05, 4.69) is 15.1 Å². The second kappa shape index (κ2) is 6.03. The predicted octanol–water partition coefficient (Wildman–Crippen LogP) is 3.26. The lowest BCUT2D eigenvalue weighted by molar-refractivity contribution is -0.131. The van der Waals surface area contributed by atoms with Crippen molar-refractivity contribution in [3.05, 3.63) is 48.5 Å². The summed E-state index contributed by atoms with van der Waals surface area (Å²) in [5.74, 6) is 0.577. The Morgan fingerprint density at radius 2 is 1.96 bits per heavy atom. The number of aromatic hydroxyl groups is 1. The number of rotatable bonds is 3. The van der Waals surface area contributed by atoms with Crippen molar-refractivity contribution in [1.82, 2.24) is 19.7 Å². The van der Waals surface area contributed by atoms with Crippen LogP contribution in [0.4, 0.5) is 0 Å². The average Bonchev–Trinajstić information content (AvgIpc) is 3.15. The SMILES string of the molecule is CC(=O)Oc1ccc2nc(-c3c(O)c(-c4ccccc4)nn3C)[nH]c2c1. The Labute approximate surface area is 148 Å². The second-order valence-electron chi connectivity index (χ2n) is 5.89. The molecule has 0 aliphatic carbocycles. The Balaban J connectivity index is 1.80. The number of ether oxygens (including phenoxy) is 1. The van der Waals surface area contributed by atoms with E-state index >= 15 is 0 Å². The minimum atomic E-state index is -0.388. The van der Waals surface area contributed by atoms with Crippen LogP contribution in [0, 0.1) is 0 Å². The third kappa shape index (κ3) is 2.69. The predicted molar refractivity (Wildman–Crippen MR) is 96.7 cm³/mol. The molecule has 0 saturated heterocycles. The van der Waals surface area contributed by atoms with E-state index in [0.29, 0.717) is 34.0 Å². The highest BCUT2D eigenvalue weighted by Crippen LogP contribution is 2.37. The van der Waals surface area contributed by atoms with E-state index in [9.17, 15) is 9.90 Å². The summed E-state index contributed by atoms with van der Waals surface area (Å²) in [7, 11) is 1.75. The van der Waals surface area contributed by atoms with Crippen molar-refractivity contribution in [1.29, 1.82) is 0 Å². The Morgan fingerprint density at radius 1 is 1.19 bits per heavy atom. The van der Waals surface area contributed by atoms with Gasteiger partial charge >= 0.3 is 5.97 Å². The van der Waals surface area contributed by atoms with E-state index < -0.39 is 0 Å². The van der Waals surface area contributed by atoms with Crippen LogP contribution in [0.5, 0.6) is 11.5 Å². The summed E-state index contributed by atoms with van der Waals surface area (Å²) < 4.78 is 6.68. The molecule has 0 atom stereocenters. The fourth-order valence-electron chi connectivity index (χ4n) is 2.90. The minimum Gasteiger partial charge on any atom is -0.504 e. The van der Waals surface area contributed by atoms with Crippen LogP contribution in [-0.4, -0.2) is 30.8 Å². The summed E-state index contributed by atoms with van der Waals surface area (Å²) in [5.41, 5.74) is 3.18. The number of aromatic amines is 1. The molecule has 2 aromatic heterocycles. The van der Waals surface area contributed by atoms with Crippen LogP contribution in [-0.2, 0) is 11.8 Å². The summed E-state index contributed by atoms with van der Waals surface area (Å²) in [6.07, 6.45) is 0. The Bertz CT molecular complexity index is 1110. The number of imidazole rings is 1. The first-order chi connectivity index (χ1) is 12.5. The maximum absolute atomic E-state index is 11.1. The van der Waals surface area contributed by atoms with Crippen molar-refractivity contribution in [3.63, 3.8) is 0 Å². The molecule has 0 saturated carbocycles. The number of carbonyl (C=O) groups is 1. The molecule has 2 N–H and O–H groups in total. The zero-order chi connectivity index (χ0) is 18.3. The van der Waals surface area contributed by atoms with Crippen molar-refractivity contribution < 1.29 is 14.6 Å². The topological polar surface area (TPSA) is 93.0 Å². The molecule has 26 heavy (non-hydrogen) atoms. The molecule has 7 heteroatoms. The Kier molecular flexibility index (Phi) is 3.69. The molecule has 0 radical (unpaired) electrons. The standard InChI is InChI=1S/C19H16N4O3/c1-11(24)26-13-8-9-14-15(10-13)21-19(20-14)17-18(25)16(22-23(17)2)12-6-4-3-5-7-12/h3-10,25H,1-2H3,(H,20,21). The molecule has 4 rings (SSSR count). The number of hydrogen-bond acceptors (Lipinski definition) is 5. The number of esters is 1. The highest BCUT2D eigenvalue weighted by atomic mass is 16.5. The monoisotopic (exact) mass is 348 g/mol. The fraction of sp³-hybridized carbons (Fsp3) is 0.105. The van der Waals surface area contributed by atoms with Gasteiger partial charge in [0.05, 0.1) is 11.0 Å². The molecule has 0 bridgehead atoms. The van der Waals surface area contributed by atoms with Gasteiger partial charge in [0.15, 0.2) is 11.6 Å². The number of nitrogens with zero attached hydrogens (tertiary/aromatic N) is 3. The van der Waals surface area contributed by atoms with Gasteiger partial charge in [0.1, 0.15) is 17.1 Å². The minimum absolute atomic E-state index is 0.0537. The van der Waals surface area contributed by atoms with E-state index in [1.807, 2.05) is 30.3 Å². The number of carbonyl (C=O) groups excluding carboxylic acids is 1. The number of aromatic nitrogens is 4. The summed E-state index contributed by atoms with van der Waals surface area (Å²) in [6, 6.07) is 14.6. The zero-order valence-electron chi connectivity index (χ0n) is 14.2. The first-order valence-corrected chi connectivity index (χ1v) is 8.03. The summed E-state index contributed by atoms with van der Waals surface area (Å²) >= 11 is 0. The van der Waals surface area contributed by atoms with Gasteiger partial charge < -0.3 is 14.8 Å². The quantitative estimate of drug-likeness (QED) is 0.438.